The Kier molecular flexibility index (Phi) is 4.57. The third-order valence-corrected chi connectivity index (χ3v) is 3.33. The number of nitrogens with one attached hydrogen (secondary N) is 1. The molecule has 0 fully saturated rings. The highest BCUT2D eigenvalue weighted by Crippen LogP contribution is 2.16. The molecule has 0 bridgehead atoms. The molecule has 0 aliphatic heterocycles. The van der Waals surface area contributed by atoms with E-state index in [0.717, 1.165) is 5.56 Å². The van der Waals surface area contributed by atoms with E-state index >= 15 is 0 Å². The quantitative estimate of drug-likeness (QED) is 0.850. The van der Waals surface area contributed by atoms with E-state index in [9.17, 15) is 4.79 Å². The number of rotatable bonds is 5. The molecule has 19 heavy (non-hydrogen) atoms. The van der Waals surface area contributed by atoms with Crippen molar-refractivity contribution in [2.75, 3.05) is 5.75 Å². The summed E-state index contributed by atoms with van der Waals surface area (Å²) >= 11 is 1.23. The summed E-state index contributed by atoms with van der Waals surface area (Å²) in [5.74, 6) is 0.705. The standard InChI is InChI=1S/C13H15N3O2S/c1-9(11-6-4-3-5-7-11)14-12(17)8-19-13-16-15-10(2)18-13/h3-7,9H,8H2,1-2H3,(H,14,17). The number of aromatic nitrogens is 2. The Balaban J connectivity index is 1.81. The molecule has 2 rings (SSSR count). The number of aryl methyl sites for hydroxylation is 1. The van der Waals surface area contributed by atoms with E-state index in [0.29, 0.717) is 11.1 Å². The maximum Gasteiger partial charge on any atom is 0.277 e. The largest absolute Gasteiger partial charge is 0.416 e. The second-order valence-electron chi connectivity index (χ2n) is 4.08. The van der Waals surface area contributed by atoms with Crippen molar-refractivity contribution < 1.29 is 9.21 Å². The average Bonchev–Trinajstić information content (AvgIpc) is 2.83. The van der Waals surface area contributed by atoms with Gasteiger partial charge in [0.25, 0.3) is 5.22 Å². The molecule has 100 valence electrons. The average molecular weight is 277 g/mol. The van der Waals surface area contributed by atoms with Gasteiger partial charge in [-0.25, -0.2) is 0 Å². The Bertz CT molecular complexity index is 542. The second kappa shape index (κ2) is 6.38. The fraction of sp³-hybridized carbons (Fsp3) is 0.308. The number of hydrogen-bond donors (Lipinski definition) is 1. The SMILES string of the molecule is Cc1nnc(SCC(=O)NC(C)c2ccccc2)o1. The molecule has 1 aromatic carbocycles. The molecule has 0 aliphatic carbocycles. The van der Waals surface area contributed by atoms with E-state index in [4.69, 9.17) is 4.42 Å². The van der Waals surface area contributed by atoms with Gasteiger partial charge in [0.1, 0.15) is 0 Å². The molecule has 2 aromatic rings. The zero-order valence-corrected chi connectivity index (χ0v) is 11.6. The second-order valence-corrected chi connectivity index (χ2v) is 5.00. The summed E-state index contributed by atoms with van der Waals surface area (Å²) in [4.78, 5) is 11.8. The monoisotopic (exact) mass is 277 g/mol. The minimum Gasteiger partial charge on any atom is -0.416 e. The van der Waals surface area contributed by atoms with E-state index in [1.54, 1.807) is 6.92 Å². The topological polar surface area (TPSA) is 68.0 Å². The van der Waals surface area contributed by atoms with Crippen molar-refractivity contribution in [3.05, 3.63) is 41.8 Å². The maximum atomic E-state index is 11.8. The van der Waals surface area contributed by atoms with Crippen LogP contribution in [-0.4, -0.2) is 21.9 Å². The summed E-state index contributed by atoms with van der Waals surface area (Å²) in [6, 6.07) is 9.81. The predicted molar refractivity (Wildman–Crippen MR) is 72.8 cm³/mol. The highest BCUT2D eigenvalue weighted by atomic mass is 32.2. The van der Waals surface area contributed by atoms with Gasteiger partial charge >= 0.3 is 0 Å². The van der Waals surface area contributed by atoms with Crippen molar-refractivity contribution in [1.82, 2.24) is 15.5 Å². The Morgan fingerprint density at radius 2 is 2.11 bits per heavy atom. The van der Waals surface area contributed by atoms with E-state index in [2.05, 4.69) is 15.5 Å². The lowest BCUT2D eigenvalue weighted by Gasteiger charge is -2.13. The van der Waals surface area contributed by atoms with Gasteiger partial charge in [-0.15, -0.1) is 10.2 Å². The van der Waals surface area contributed by atoms with Crippen LogP contribution in [0, 0.1) is 6.92 Å². The van der Waals surface area contributed by atoms with Crippen LogP contribution < -0.4 is 5.32 Å². The first-order valence-electron chi connectivity index (χ1n) is 5.92. The third-order valence-electron chi connectivity index (χ3n) is 2.51. The van der Waals surface area contributed by atoms with Gasteiger partial charge in [0.05, 0.1) is 11.8 Å². The van der Waals surface area contributed by atoms with E-state index in [1.165, 1.54) is 11.8 Å². The minimum atomic E-state index is -0.0581. The first kappa shape index (κ1) is 13.6. The molecule has 1 heterocycles. The van der Waals surface area contributed by atoms with Crippen LogP contribution >= 0.6 is 11.8 Å². The van der Waals surface area contributed by atoms with Gasteiger partial charge in [0.2, 0.25) is 11.8 Å². The van der Waals surface area contributed by atoms with Crippen molar-refractivity contribution in [3.8, 4) is 0 Å². The molecule has 0 saturated heterocycles. The Morgan fingerprint density at radius 3 is 2.74 bits per heavy atom. The molecule has 0 spiro atoms. The zero-order chi connectivity index (χ0) is 13.7. The van der Waals surface area contributed by atoms with Gasteiger partial charge in [-0.1, -0.05) is 42.1 Å². The van der Waals surface area contributed by atoms with Crippen molar-refractivity contribution in [2.24, 2.45) is 0 Å². The molecule has 0 aliphatic rings. The molecule has 5 nitrogen and oxygen atoms in total. The molecule has 1 atom stereocenters. The van der Waals surface area contributed by atoms with Crippen LogP contribution in [0.15, 0.2) is 40.0 Å². The normalized spacial score (nSPS) is 12.1. The number of amides is 1. The van der Waals surface area contributed by atoms with Gasteiger partial charge in [-0.05, 0) is 12.5 Å². The van der Waals surface area contributed by atoms with Gasteiger partial charge in [0, 0.05) is 6.92 Å². The number of benzene rings is 1. The number of nitrogens with zero attached hydrogens (tertiary/aromatic N) is 2. The van der Waals surface area contributed by atoms with Gasteiger partial charge in [0.15, 0.2) is 0 Å². The van der Waals surface area contributed by atoms with Crippen LogP contribution in [0.4, 0.5) is 0 Å². The number of carbonyl (C=O) groups excluding carboxylic acids is 1. The zero-order valence-electron chi connectivity index (χ0n) is 10.8. The smallest absolute Gasteiger partial charge is 0.277 e. The number of thioether (sulfide) groups is 1. The molecule has 1 amide bonds. The summed E-state index contributed by atoms with van der Waals surface area (Å²) in [6.07, 6.45) is 0. The lowest BCUT2D eigenvalue weighted by molar-refractivity contribution is -0.119. The molecule has 6 heteroatoms. The van der Waals surface area contributed by atoms with Crippen molar-refractivity contribution in [3.63, 3.8) is 0 Å². The first-order valence-corrected chi connectivity index (χ1v) is 6.91. The van der Waals surface area contributed by atoms with Gasteiger partial charge in [-0.3, -0.25) is 4.79 Å². The molecule has 0 saturated carbocycles. The van der Waals surface area contributed by atoms with Crippen LogP contribution in [0.25, 0.3) is 0 Å². The molecule has 1 aromatic heterocycles. The van der Waals surface area contributed by atoms with Crippen molar-refractivity contribution >= 4 is 17.7 Å². The van der Waals surface area contributed by atoms with Crippen LogP contribution in [0.5, 0.6) is 0 Å². The summed E-state index contributed by atoms with van der Waals surface area (Å²) in [7, 11) is 0. The van der Waals surface area contributed by atoms with Crippen LogP contribution in [0.3, 0.4) is 0 Å². The summed E-state index contributed by atoms with van der Waals surface area (Å²) in [5, 5.41) is 10.9. The molecule has 1 N–H and O–H groups in total. The lowest BCUT2D eigenvalue weighted by Crippen LogP contribution is -2.28. The minimum absolute atomic E-state index is 0.0151. The van der Waals surface area contributed by atoms with Gasteiger partial charge < -0.3 is 9.73 Å². The maximum absolute atomic E-state index is 11.8. The fourth-order valence-electron chi connectivity index (χ4n) is 1.57. The van der Waals surface area contributed by atoms with Crippen molar-refractivity contribution in [1.29, 1.82) is 0 Å². The highest BCUT2D eigenvalue weighted by Gasteiger charge is 2.11. The fourth-order valence-corrected chi connectivity index (χ4v) is 2.19. The van der Waals surface area contributed by atoms with Crippen LogP contribution in [0.2, 0.25) is 0 Å². The molecule has 1 unspecified atom stereocenters. The van der Waals surface area contributed by atoms with E-state index in [1.807, 2.05) is 37.3 Å². The first-order chi connectivity index (χ1) is 9.15. The summed E-state index contributed by atoms with van der Waals surface area (Å²) in [6.45, 7) is 3.67. The van der Waals surface area contributed by atoms with Crippen molar-refractivity contribution in [2.45, 2.75) is 25.1 Å². The summed E-state index contributed by atoms with van der Waals surface area (Å²) < 4.78 is 5.18. The lowest BCUT2D eigenvalue weighted by atomic mass is 10.1. The Hall–Kier alpha value is -1.82. The van der Waals surface area contributed by atoms with E-state index < -0.39 is 0 Å². The number of carbonyl (C=O) groups is 1. The molecular weight excluding hydrogens is 262 g/mol. The molecule has 0 radical (unpaired) electrons. The van der Waals surface area contributed by atoms with E-state index in [-0.39, 0.29) is 17.7 Å². The summed E-state index contributed by atoms with van der Waals surface area (Å²) in [5.41, 5.74) is 1.08. The Morgan fingerprint density at radius 1 is 1.37 bits per heavy atom. The molecular formula is C13H15N3O2S. The third kappa shape index (κ3) is 4.10. The predicted octanol–water partition coefficient (Wildman–Crippen LogP) is 2.35. The highest BCUT2D eigenvalue weighted by molar-refractivity contribution is 7.99. The van der Waals surface area contributed by atoms with Crippen LogP contribution in [0.1, 0.15) is 24.4 Å². The Labute approximate surface area is 115 Å². The number of hydrogen-bond acceptors (Lipinski definition) is 5. The van der Waals surface area contributed by atoms with Gasteiger partial charge in [-0.2, -0.15) is 0 Å². The van der Waals surface area contributed by atoms with Crippen LogP contribution in [-0.2, 0) is 4.79 Å².